The third-order valence-electron chi connectivity index (χ3n) is 10.1. The van der Waals surface area contributed by atoms with E-state index in [2.05, 4.69) is 41.5 Å². The fourth-order valence-electron chi connectivity index (χ4n) is 10.1. The average molecular weight is 244 g/mol. The first-order chi connectivity index (χ1) is 8.18. The normalized spacial score (nSPS) is 71.7. The zero-order chi connectivity index (χ0) is 13.0. The molecule has 0 unspecified atom stereocenters. The molecule has 0 heteroatoms. The molecule has 0 nitrogen and oxygen atoms in total. The average Bonchev–Trinajstić information content (AvgIpc) is 2.80. The second kappa shape index (κ2) is 2.06. The first-order valence-corrected chi connectivity index (χ1v) is 8.18. The summed E-state index contributed by atoms with van der Waals surface area (Å²) in [5.74, 6) is 2.12. The number of hydrogen-bond acceptors (Lipinski definition) is 0. The van der Waals surface area contributed by atoms with Crippen LogP contribution in [0, 0.1) is 44.3 Å². The molecule has 5 aliphatic carbocycles. The van der Waals surface area contributed by atoms with Crippen LogP contribution in [0.25, 0.3) is 0 Å². The Morgan fingerprint density at radius 3 is 1.22 bits per heavy atom. The highest BCUT2D eigenvalue weighted by Crippen LogP contribution is 3.12. The lowest BCUT2D eigenvalue weighted by Crippen LogP contribution is -2.67. The zero-order valence-electron chi connectivity index (χ0n) is 13.0. The van der Waals surface area contributed by atoms with Gasteiger partial charge in [-0.1, -0.05) is 41.5 Å². The van der Waals surface area contributed by atoms with Crippen LogP contribution in [0.1, 0.15) is 67.2 Å². The molecule has 0 N–H and O–H groups in total. The Kier molecular flexibility index (Phi) is 1.23. The Labute approximate surface area is 112 Å². The highest BCUT2D eigenvalue weighted by atomic mass is 15.1. The van der Waals surface area contributed by atoms with E-state index in [0.717, 1.165) is 22.7 Å². The first-order valence-electron chi connectivity index (χ1n) is 8.18. The predicted molar refractivity (Wildman–Crippen MR) is 74.1 cm³/mol. The Hall–Kier alpha value is 0. The van der Waals surface area contributed by atoms with Crippen LogP contribution in [0.15, 0.2) is 0 Å². The molecule has 0 aromatic heterocycles. The van der Waals surface area contributed by atoms with Crippen molar-refractivity contribution >= 4 is 0 Å². The Bertz CT molecular complexity index is 454. The molecule has 0 aliphatic heterocycles. The lowest BCUT2D eigenvalue weighted by molar-refractivity contribution is -0.247. The highest BCUT2D eigenvalue weighted by molar-refractivity contribution is 5.54. The van der Waals surface area contributed by atoms with Gasteiger partial charge in [-0.05, 0) is 70.0 Å². The summed E-state index contributed by atoms with van der Waals surface area (Å²) in [6.07, 6.45) is 6.12. The van der Waals surface area contributed by atoms with Crippen molar-refractivity contribution in [1.82, 2.24) is 0 Å². The summed E-state index contributed by atoms with van der Waals surface area (Å²) in [6.45, 7) is 15.8. The molecule has 0 saturated heterocycles. The summed E-state index contributed by atoms with van der Waals surface area (Å²) in [7, 11) is 0. The van der Waals surface area contributed by atoms with Crippen molar-refractivity contribution in [3.8, 4) is 0 Å². The van der Waals surface area contributed by atoms with Crippen LogP contribution >= 0.6 is 0 Å². The van der Waals surface area contributed by atoms with Crippen LogP contribution in [0.3, 0.4) is 0 Å². The van der Waals surface area contributed by atoms with Crippen LogP contribution < -0.4 is 0 Å². The van der Waals surface area contributed by atoms with Crippen molar-refractivity contribution < 1.29 is 0 Å². The standard InChI is InChI=1S/C18H28/c1-13(2)11-7-9-15(5)16(6)10-8-12-14(3,4)18(12,16)17(11,13)15/h11-12H,7-10H2,1-6H3/t11-,12-,15-,16-,17+,18+/m1/s1. The molecule has 5 rings (SSSR count). The quantitative estimate of drug-likeness (QED) is 0.569. The Morgan fingerprint density at radius 1 is 0.611 bits per heavy atom. The van der Waals surface area contributed by atoms with Crippen molar-refractivity contribution in [3.63, 3.8) is 0 Å². The molecule has 0 amide bonds. The third kappa shape index (κ3) is 0.487. The predicted octanol–water partition coefficient (Wildman–Crippen LogP) is 4.89. The van der Waals surface area contributed by atoms with Gasteiger partial charge in [0.05, 0.1) is 0 Å². The third-order valence-corrected chi connectivity index (χ3v) is 10.1. The molecule has 0 radical (unpaired) electrons. The second-order valence-electron chi connectivity index (χ2n) is 9.91. The fourth-order valence-corrected chi connectivity index (χ4v) is 10.1. The molecule has 5 aliphatic rings. The van der Waals surface area contributed by atoms with Gasteiger partial charge in [0.1, 0.15) is 0 Å². The van der Waals surface area contributed by atoms with Gasteiger partial charge < -0.3 is 0 Å². The van der Waals surface area contributed by atoms with E-state index in [4.69, 9.17) is 0 Å². The molecular formula is C18H28. The summed E-state index contributed by atoms with van der Waals surface area (Å²) < 4.78 is 0. The minimum atomic E-state index is 0.649. The van der Waals surface area contributed by atoms with Crippen molar-refractivity contribution in [3.05, 3.63) is 0 Å². The lowest BCUT2D eigenvalue weighted by Gasteiger charge is -2.71. The summed E-state index contributed by atoms with van der Waals surface area (Å²) >= 11 is 0. The van der Waals surface area contributed by atoms with E-state index >= 15 is 0 Å². The van der Waals surface area contributed by atoms with Crippen LogP contribution in [0.2, 0.25) is 0 Å². The monoisotopic (exact) mass is 244 g/mol. The van der Waals surface area contributed by atoms with Crippen molar-refractivity contribution in [2.24, 2.45) is 44.3 Å². The van der Waals surface area contributed by atoms with Gasteiger partial charge in [-0.2, -0.15) is 0 Å². The SMILES string of the molecule is CC1(C)[C@H]2CC[C@]3(C)[C@@]4(C)CC[C@@H]5C(C)(C)[C@@]54[C@@]213. The molecular weight excluding hydrogens is 216 g/mol. The van der Waals surface area contributed by atoms with E-state index in [-0.39, 0.29) is 0 Å². The van der Waals surface area contributed by atoms with E-state index in [1.165, 1.54) is 25.7 Å². The zero-order valence-corrected chi connectivity index (χ0v) is 13.0. The topological polar surface area (TPSA) is 0 Å². The van der Waals surface area contributed by atoms with Gasteiger partial charge in [0.2, 0.25) is 0 Å². The molecule has 100 valence electrons. The first kappa shape index (κ1) is 10.7. The summed E-state index contributed by atoms with van der Waals surface area (Å²) in [5, 5.41) is 0. The number of hydrogen-bond donors (Lipinski definition) is 0. The van der Waals surface area contributed by atoms with Gasteiger partial charge in [0.25, 0.3) is 0 Å². The van der Waals surface area contributed by atoms with Gasteiger partial charge in [-0.3, -0.25) is 0 Å². The van der Waals surface area contributed by atoms with Gasteiger partial charge >= 0.3 is 0 Å². The maximum absolute atomic E-state index is 2.68. The van der Waals surface area contributed by atoms with Crippen LogP contribution in [-0.2, 0) is 0 Å². The molecule has 5 saturated carbocycles. The van der Waals surface area contributed by atoms with Gasteiger partial charge in [-0.25, -0.2) is 0 Å². The van der Waals surface area contributed by atoms with Gasteiger partial charge in [0.15, 0.2) is 0 Å². The number of rotatable bonds is 0. The van der Waals surface area contributed by atoms with E-state index in [1.54, 1.807) is 0 Å². The molecule has 6 atom stereocenters. The molecule has 18 heavy (non-hydrogen) atoms. The van der Waals surface area contributed by atoms with Gasteiger partial charge in [-0.15, -0.1) is 0 Å². The van der Waals surface area contributed by atoms with Crippen LogP contribution in [-0.4, -0.2) is 0 Å². The van der Waals surface area contributed by atoms with Crippen molar-refractivity contribution in [1.29, 1.82) is 0 Å². The highest BCUT2D eigenvalue weighted by Gasteiger charge is 3.08. The minimum absolute atomic E-state index is 0.649. The summed E-state index contributed by atoms with van der Waals surface area (Å²) in [4.78, 5) is 0. The molecule has 0 heterocycles. The summed E-state index contributed by atoms with van der Waals surface area (Å²) in [5.41, 5.74) is 4.14. The lowest BCUT2D eigenvalue weighted by atomic mass is 9.32. The molecule has 2 spiro atoms. The second-order valence-corrected chi connectivity index (χ2v) is 9.91. The Balaban J connectivity index is 1.82. The molecule has 0 aromatic rings. The largest absolute Gasteiger partial charge is 0.0590 e. The maximum Gasteiger partial charge on any atom is -0.00806 e. The van der Waals surface area contributed by atoms with Gasteiger partial charge in [0, 0.05) is 0 Å². The van der Waals surface area contributed by atoms with Crippen molar-refractivity contribution in [2.45, 2.75) is 67.2 Å². The van der Waals surface area contributed by atoms with E-state index in [0.29, 0.717) is 21.7 Å². The maximum atomic E-state index is 2.68. The Morgan fingerprint density at radius 2 is 0.944 bits per heavy atom. The number of fused-ring (bicyclic) bond motifs is 1. The van der Waals surface area contributed by atoms with E-state index < -0.39 is 0 Å². The van der Waals surface area contributed by atoms with E-state index in [1.807, 2.05) is 0 Å². The molecule has 0 aromatic carbocycles. The smallest absolute Gasteiger partial charge is 0.00806 e. The summed E-state index contributed by atoms with van der Waals surface area (Å²) in [6, 6.07) is 0. The molecule has 0 bridgehead atoms. The van der Waals surface area contributed by atoms with Crippen molar-refractivity contribution in [2.75, 3.05) is 0 Å². The van der Waals surface area contributed by atoms with E-state index in [9.17, 15) is 0 Å². The van der Waals surface area contributed by atoms with Crippen LogP contribution in [0.5, 0.6) is 0 Å². The minimum Gasteiger partial charge on any atom is -0.0590 e. The fraction of sp³-hybridized carbons (Fsp3) is 1.00. The molecule has 5 fully saturated rings. The van der Waals surface area contributed by atoms with Crippen LogP contribution in [0.4, 0.5) is 0 Å².